The number of nitrogens with zero attached hydrogens (tertiary/aromatic N) is 4. The third-order valence-corrected chi connectivity index (χ3v) is 2.69. The van der Waals surface area contributed by atoms with Crippen LogP contribution in [-0.4, -0.2) is 26.1 Å². The lowest BCUT2D eigenvalue weighted by Crippen LogP contribution is -2.24. The topological polar surface area (TPSA) is 80.7 Å². The molecule has 2 aromatic heterocycles. The van der Waals surface area contributed by atoms with Crippen LogP contribution in [0.2, 0.25) is 10.3 Å². The summed E-state index contributed by atoms with van der Waals surface area (Å²) in [5.74, 6) is 0.247. The Labute approximate surface area is 119 Å². The highest BCUT2D eigenvalue weighted by atomic mass is 35.5. The van der Waals surface area contributed by atoms with Crippen LogP contribution in [0.3, 0.4) is 0 Å². The van der Waals surface area contributed by atoms with Crippen LogP contribution in [0.4, 0.5) is 0 Å². The predicted molar refractivity (Wildman–Crippen MR) is 70.0 cm³/mol. The molecule has 2 heterocycles. The van der Waals surface area contributed by atoms with Gasteiger partial charge in [0, 0.05) is 6.20 Å². The Hall–Kier alpha value is -1.79. The van der Waals surface area contributed by atoms with Crippen molar-refractivity contribution in [3.05, 3.63) is 45.7 Å². The van der Waals surface area contributed by atoms with Crippen molar-refractivity contribution in [1.29, 1.82) is 0 Å². The van der Waals surface area contributed by atoms with Gasteiger partial charge in [0.05, 0.1) is 17.8 Å². The Kier molecular flexibility index (Phi) is 4.24. The minimum atomic E-state index is -0.391. The van der Waals surface area contributed by atoms with Gasteiger partial charge in [-0.1, -0.05) is 23.2 Å². The number of carbonyl (C=O) groups excluding carboxylic acids is 1. The van der Waals surface area contributed by atoms with Crippen molar-refractivity contribution < 1.29 is 4.79 Å². The van der Waals surface area contributed by atoms with Gasteiger partial charge in [-0.15, -0.1) is 10.2 Å². The number of hydrogen-bond acceptors (Lipinski definition) is 5. The average molecular weight is 298 g/mol. The molecular formula is C11H9Cl2N5O. The number of rotatable bonds is 3. The maximum atomic E-state index is 11.9. The van der Waals surface area contributed by atoms with Gasteiger partial charge in [0.15, 0.2) is 10.3 Å². The quantitative estimate of drug-likeness (QED) is 0.934. The van der Waals surface area contributed by atoms with E-state index < -0.39 is 5.91 Å². The van der Waals surface area contributed by atoms with Crippen LogP contribution in [-0.2, 0) is 6.54 Å². The third-order valence-electron chi connectivity index (χ3n) is 2.23. The van der Waals surface area contributed by atoms with Crippen molar-refractivity contribution in [3.63, 3.8) is 0 Å². The second kappa shape index (κ2) is 5.90. The van der Waals surface area contributed by atoms with Crippen LogP contribution < -0.4 is 5.32 Å². The summed E-state index contributed by atoms with van der Waals surface area (Å²) in [6.45, 7) is 2.03. The molecule has 0 radical (unpaired) electrons. The van der Waals surface area contributed by atoms with Crippen LogP contribution in [0.1, 0.15) is 21.9 Å². The first kappa shape index (κ1) is 13.6. The van der Waals surface area contributed by atoms with E-state index in [1.807, 2.05) is 0 Å². The van der Waals surface area contributed by atoms with E-state index in [1.54, 1.807) is 19.2 Å². The first-order valence-corrected chi connectivity index (χ1v) is 6.07. The van der Waals surface area contributed by atoms with Gasteiger partial charge < -0.3 is 5.32 Å². The standard InChI is InChI=1S/C11H9Cl2N5O/c1-6-14-3-2-7(16-6)5-15-11(19)8-4-9(12)17-18-10(8)13/h2-4H,5H2,1H3,(H,15,19). The zero-order valence-corrected chi connectivity index (χ0v) is 11.4. The van der Waals surface area contributed by atoms with Crippen molar-refractivity contribution in [3.8, 4) is 0 Å². The smallest absolute Gasteiger partial charge is 0.254 e. The molecule has 0 aromatic carbocycles. The number of nitrogens with one attached hydrogen (secondary N) is 1. The molecule has 0 unspecified atom stereocenters. The number of aryl methyl sites for hydroxylation is 1. The highest BCUT2D eigenvalue weighted by molar-refractivity contribution is 6.34. The Morgan fingerprint density at radius 2 is 2.16 bits per heavy atom. The molecule has 6 nitrogen and oxygen atoms in total. The van der Waals surface area contributed by atoms with Gasteiger partial charge in [-0.05, 0) is 19.1 Å². The summed E-state index contributed by atoms with van der Waals surface area (Å²) in [5.41, 5.74) is 0.873. The molecule has 1 amide bonds. The lowest BCUT2D eigenvalue weighted by molar-refractivity contribution is 0.0950. The molecule has 1 N–H and O–H groups in total. The summed E-state index contributed by atoms with van der Waals surface area (Å²) in [4.78, 5) is 20.0. The number of halogens is 2. The monoisotopic (exact) mass is 297 g/mol. The van der Waals surface area contributed by atoms with Crippen LogP contribution in [0.25, 0.3) is 0 Å². The Bertz CT molecular complexity index is 620. The first-order chi connectivity index (χ1) is 9.06. The average Bonchev–Trinajstić information content (AvgIpc) is 2.39. The molecule has 98 valence electrons. The lowest BCUT2D eigenvalue weighted by Gasteiger charge is -2.06. The van der Waals surface area contributed by atoms with Gasteiger partial charge in [0.2, 0.25) is 0 Å². The van der Waals surface area contributed by atoms with E-state index in [0.29, 0.717) is 11.5 Å². The second-order valence-electron chi connectivity index (χ2n) is 3.65. The van der Waals surface area contributed by atoms with Crippen molar-refractivity contribution in [2.75, 3.05) is 0 Å². The first-order valence-electron chi connectivity index (χ1n) is 5.31. The van der Waals surface area contributed by atoms with Gasteiger partial charge >= 0.3 is 0 Å². The third kappa shape index (κ3) is 3.59. The summed E-state index contributed by atoms with van der Waals surface area (Å²) in [6.07, 6.45) is 1.63. The molecule has 0 spiro atoms. The Morgan fingerprint density at radius 1 is 1.37 bits per heavy atom. The number of aromatic nitrogens is 4. The van der Waals surface area contributed by atoms with Crippen molar-refractivity contribution >= 4 is 29.1 Å². The summed E-state index contributed by atoms with van der Waals surface area (Å²) in [5, 5.41) is 9.88. The summed E-state index contributed by atoms with van der Waals surface area (Å²) in [6, 6.07) is 3.07. The highest BCUT2D eigenvalue weighted by Gasteiger charge is 2.13. The molecule has 0 aliphatic rings. The van der Waals surface area contributed by atoms with E-state index in [2.05, 4.69) is 25.5 Å². The van der Waals surface area contributed by atoms with Gasteiger partial charge in [0.1, 0.15) is 5.82 Å². The summed E-state index contributed by atoms with van der Waals surface area (Å²) in [7, 11) is 0. The summed E-state index contributed by atoms with van der Waals surface area (Å²) < 4.78 is 0. The van der Waals surface area contributed by atoms with Crippen molar-refractivity contribution in [2.24, 2.45) is 0 Å². The van der Waals surface area contributed by atoms with E-state index in [-0.39, 0.29) is 22.4 Å². The number of amides is 1. The molecular weight excluding hydrogens is 289 g/mol. The zero-order valence-electron chi connectivity index (χ0n) is 9.89. The molecule has 0 saturated carbocycles. The minimum Gasteiger partial charge on any atom is -0.346 e. The van der Waals surface area contributed by atoms with E-state index in [4.69, 9.17) is 23.2 Å². The van der Waals surface area contributed by atoms with Crippen LogP contribution in [0.5, 0.6) is 0 Å². The predicted octanol–water partition coefficient (Wildman–Crippen LogP) is 1.81. The molecule has 0 saturated heterocycles. The van der Waals surface area contributed by atoms with E-state index in [9.17, 15) is 4.79 Å². The molecule has 19 heavy (non-hydrogen) atoms. The van der Waals surface area contributed by atoms with Crippen molar-refractivity contribution in [1.82, 2.24) is 25.5 Å². The molecule has 0 aliphatic carbocycles. The second-order valence-corrected chi connectivity index (χ2v) is 4.39. The zero-order chi connectivity index (χ0) is 13.8. The Morgan fingerprint density at radius 3 is 2.89 bits per heavy atom. The van der Waals surface area contributed by atoms with Crippen molar-refractivity contribution in [2.45, 2.75) is 13.5 Å². The van der Waals surface area contributed by atoms with Gasteiger partial charge in [0.25, 0.3) is 5.91 Å². The van der Waals surface area contributed by atoms with E-state index in [0.717, 1.165) is 0 Å². The fourth-order valence-electron chi connectivity index (χ4n) is 1.38. The number of hydrogen-bond donors (Lipinski definition) is 1. The largest absolute Gasteiger partial charge is 0.346 e. The molecule has 8 heteroatoms. The molecule has 0 atom stereocenters. The maximum Gasteiger partial charge on any atom is 0.254 e. The maximum absolute atomic E-state index is 11.9. The number of carbonyl (C=O) groups is 1. The Balaban J connectivity index is 2.07. The highest BCUT2D eigenvalue weighted by Crippen LogP contribution is 2.15. The minimum absolute atomic E-state index is 0.000711. The molecule has 2 aromatic rings. The van der Waals surface area contributed by atoms with Gasteiger partial charge in [-0.25, -0.2) is 9.97 Å². The lowest BCUT2D eigenvalue weighted by atomic mass is 10.3. The summed E-state index contributed by atoms with van der Waals surface area (Å²) >= 11 is 11.4. The SMILES string of the molecule is Cc1nccc(CNC(=O)c2cc(Cl)nnc2Cl)n1. The van der Waals surface area contributed by atoms with Crippen LogP contribution in [0.15, 0.2) is 18.3 Å². The van der Waals surface area contributed by atoms with E-state index >= 15 is 0 Å². The van der Waals surface area contributed by atoms with Crippen LogP contribution in [0, 0.1) is 6.92 Å². The molecule has 0 aliphatic heterocycles. The fourth-order valence-corrected chi connectivity index (χ4v) is 1.71. The molecule has 2 rings (SSSR count). The fraction of sp³-hybridized carbons (Fsp3) is 0.182. The van der Waals surface area contributed by atoms with Crippen LogP contribution >= 0.6 is 23.2 Å². The van der Waals surface area contributed by atoms with E-state index in [1.165, 1.54) is 6.07 Å². The molecule has 0 fully saturated rings. The van der Waals surface area contributed by atoms with Gasteiger partial charge in [-0.2, -0.15) is 0 Å². The molecule has 0 bridgehead atoms. The van der Waals surface area contributed by atoms with Gasteiger partial charge in [-0.3, -0.25) is 4.79 Å². The normalized spacial score (nSPS) is 10.3.